The number of esters is 1. The Balaban J connectivity index is 1.22. The van der Waals surface area contributed by atoms with Crippen LogP contribution in [0.4, 0.5) is 10.5 Å². The Morgan fingerprint density at radius 3 is 2.28 bits per heavy atom. The first-order valence-corrected chi connectivity index (χ1v) is 15.7. The van der Waals surface area contributed by atoms with E-state index >= 15 is 0 Å². The van der Waals surface area contributed by atoms with E-state index in [1.54, 1.807) is 52.1 Å². The zero-order chi connectivity index (χ0) is 33.3. The van der Waals surface area contributed by atoms with Crippen molar-refractivity contribution in [2.75, 3.05) is 32.2 Å². The molecule has 9 heteroatoms. The molecule has 46 heavy (non-hydrogen) atoms. The van der Waals surface area contributed by atoms with E-state index in [9.17, 15) is 14.4 Å². The lowest BCUT2D eigenvalue weighted by Gasteiger charge is -2.28. The molecule has 3 aromatic rings. The molecular formula is C37H46N2O7. The van der Waals surface area contributed by atoms with Crippen molar-refractivity contribution < 1.29 is 33.3 Å². The molecule has 0 spiro atoms. The molecule has 0 heterocycles. The van der Waals surface area contributed by atoms with Crippen LogP contribution in [0.25, 0.3) is 0 Å². The number of amides is 1. The number of carbonyl (C=O) groups excluding carboxylic acids is 3. The molecule has 0 bridgehead atoms. The third-order valence-corrected chi connectivity index (χ3v) is 7.68. The lowest BCUT2D eigenvalue weighted by molar-refractivity contribution is -0.141. The summed E-state index contributed by atoms with van der Waals surface area (Å²) >= 11 is 0. The first-order chi connectivity index (χ1) is 21.8. The number of anilines is 1. The van der Waals surface area contributed by atoms with Crippen molar-refractivity contribution >= 4 is 23.5 Å². The monoisotopic (exact) mass is 630 g/mol. The molecule has 1 aliphatic rings. The second-order valence-electron chi connectivity index (χ2n) is 13.2. The molecule has 2 N–H and O–H groups in total. The van der Waals surface area contributed by atoms with E-state index in [2.05, 4.69) is 41.0 Å². The largest absolute Gasteiger partial charge is 0.497 e. The van der Waals surface area contributed by atoms with Crippen LogP contribution in [-0.4, -0.2) is 55.9 Å². The van der Waals surface area contributed by atoms with Gasteiger partial charge < -0.3 is 29.6 Å². The summed E-state index contributed by atoms with van der Waals surface area (Å²) in [5, 5.41) is 6.04. The fourth-order valence-corrected chi connectivity index (χ4v) is 5.37. The lowest BCUT2D eigenvalue weighted by atomic mass is 9.79. The smallest absolute Gasteiger partial charge is 0.408 e. The Labute approximate surface area is 272 Å². The SMILES string of the molecule is COc1ccc([C@@H]2CCc3ccccc3C2)c(NCC(=O)OCCC(=O)c2ccc(OCC(C)(C)NC(=O)OC(C)(C)C)cc2)c1. The van der Waals surface area contributed by atoms with Gasteiger partial charge in [-0.05, 0) is 107 Å². The Hall–Kier alpha value is -4.53. The fraction of sp³-hybridized carbons (Fsp3) is 0.432. The van der Waals surface area contributed by atoms with Crippen LogP contribution in [0.3, 0.4) is 0 Å². The number of carbonyl (C=O) groups is 3. The highest BCUT2D eigenvalue weighted by molar-refractivity contribution is 5.96. The molecule has 9 nitrogen and oxygen atoms in total. The van der Waals surface area contributed by atoms with E-state index in [0.29, 0.717) is 23.0 Å². The lowest BCUT2D eigenvalue weighted by Crippen LogP contribution is -2.49. The van der Waals surface area contributed by atoms with Crippen molar-refractivity contribution in [2.24, 2.45) is 0 Å². The van der Waals surface area contributed by atoms with Gasteiger partial charge in [0.05, 0.1) is 19.3 Å². The van der Waals surface area contributed by atoms with E-state index in [-0.39, 0.29) is 32.0 Å². The van der Waals surface area contributed by atoms with Crippen molar-refractivity contribution in [3.05, 3.63) is 89.0 Å². The normalized spacial score (nSPS) is 14.4. The highest BCUT2D eigenvalue weighted by Crippen LogP contribution is 2.37. The standard InChI is InChI=1S/C37H46N2O7/c1-36(2,3)46-35(42)39-37(4,5)24-45-29-15-13-26(14-16-29)33(40)19-20-44-34(41)23-38-32-22-30(43-6)17-18-31(32)28-12-11-25-9-7-8-10-27(25)21-28/h7-10,13-18,22,28,38H,11-12,19-21,23-24H2,1-6H3,(H,39,42)/t28-/m1/s1. The van der Waals surface area contributed by atoms with Crippen molar-refractivity contribution in [1.29, 1.82) is 0 Å². The topological polar surface area (TPSA) is 112 Å². The molecule has 0 unspecified atom stereocenters. The molecule has 3 aromatic carbocycles. The van der Waals surface area contributed by atoms with Gasteiger partial charge in [-0.25, -0.2) is 4.79 Å². The number of alkyl carbamates (subject to hydrolysis) is 1. The predicted molar refractivity (Wildman–Crippen MR) is 178 cm³/mol. The average molecular weight is 631 g/mol. The van der Waals surface area contributed by atoms with Gasteiger partial charge in [0, 0.05) is 23.7 Å². The van der Waals surface area contributed by atoms with Gasteiger partial charge in [0.25, 0.3) is 0 Å². The summed E-state index contributed by atoms with van der Waals surface area (Å²) in [5.41, 5.74) is 3.98. The second-order valence-corrected chi connectivity index (χ2v) is 13.2. The van der Waals surface area contributed by atoms with Crippen molar-refractivity contribution in [3.63, 3.8) is 0 Å². The van der Waals surface area contributed by atoms with E-state index in [4.69, 9.17) is 18.9 Å². The van der Waals surface area contributed by atoms with Crippen LogP contribution in [0.2, 0.25) is 0 Å². The third-order valence-electron chi connectivity index (χ3n) is 7.68. The molecule has 1 atom stereocenters. The van der Waals surface area contributed by atoms with Crippen LogP contribution in [0.1, 0.15) is 80.4 Å². The highest BCUT2D eigenvalue weighted by Gasteiger charge is 2.26. The molecule has 246 valence electrons. The molecule has 1 aliphatic carbocycles. The minimum Gasteiger partial charge on any atom is -0.497 e. The van der Waals surface area contributed by atoms with Crippen LogP contribution in [-0.2, 0) is 27.1 Å². The molecule has 0 saturated heterocycles. The second kappa shape index (κ2) is 15.2. The zero-order valence-electron chi connectivity index (χ0n) is 27.7. The molecule has 0 aliphatic heterocycles. The number of benzene rings is 3. The minimum absolute atomic E-state index is 0.0213. The predicted octanol–water partition coefficient (Wildman–Crippen LogP) is 6.88. The van der Waals surface area contributed by atoms with E-state index < -0.39 is 23.2 Å². The molecule has 4 rings (SSSR count). The quantitative estimate of drug-likeness (QED) is 0.155. The van der Waals surface area contributed by atoms with Gasteiger partial charge in [-0.15, -0.1) is 0 Å². The average Bonchev–Trinajstić information content (AvgIpc) is 3.01. The number of aryl methyl sites for hydroxylation is 1. The van der Waals surface area contributed by atoms with Gasteiger partial charge in [-0.1, -0.05) is 30.3 Å². The number of fused-ring (bicyclic) bond motifs is 1. The Bertz CT molecular complexity index is 1510. The van der Waals surface area contributed by atoms with Gasteiger partial charge in [0.15, 0.2) is 5.78 Å². The Kier molecular flexibility index (Phi) is 11.3. The van der Waals surface area contributed by atoms with Gasteiger partial charge in [0.1, 0.15) is 30.3 Å². The Morgan fingerprint density at radius 2 is 1.59 bits per heavy atom. The number of ether oxygens (including phenoxy) is 4. The summed E-state index contributed by atoms with van der Waals surface area (Å²) in [6.45, 7) is 9.22. The number of methoxy groups -OCH3 is 1. The van der Waals surface area contributed by atoms with Crippen LogP contribution in [0.5, 0.6) is 11.5 Å². The third kappa shape index (κ3) is 10.3. The number of hydrogen-bond acceptors (Lipinski definition) is 8. The van der Waals surface area contributed by atoms with Crippen molar-refractivity contribution in [2.45, 2.75) is 77.4 Å². The van der Waals surface area contributed by atoms with Gasteiger partial charge >= 0.3 is 12.1 Å². The molecule has 0 radical (unpaired) electrons. The number of Topliss-reactive ketones (excluding diaryl/α,β-unsaturated/α-hetero) is 1. The Morgan fingerprint density at radius 1 is 0.891 bits per heavy atom. The highest BCUT2D eigenvalue weighted by atomic mass is 16.6. The summed E-state index contributed by atoms with van der Waals surface area (Å²) < 4.78 is 22.0. The number of nitrogens with one attached hydrogen (secondary N) is 2. The fourth-order valence-electron chi connectivity index (χ4n) is 5.37. The maximum absolute atomic E-state index is 12.7. The maximum Gasteiger partial charge on any atom is 0.408 e. The number of rotatable bonds is 13. The van der Waals surface area contributed by atoms with Crippen LogP contribution in [0, 0.1) is 0 Å². The van der Waals surface area contributed by atoms with E-state index in [1.165, 1.54) is 11.1 Å². The summed E-state index contributed by atoms with van der Waals surface area (Å²) in [5.74, 6) is 1.00. The molecule has 0 saturated carbocycles. The van der Waals surface area contributed by atoms with E-state index in [1.807, 2.05) is 26.0 Å². The summed E-state index contributed by atoms with van der Waals surface area (Å²) in [7, 11) is 1.62. The summed E-state index contributed by atoms with van der Waals surface area (Å²) in [6.07, 6.45) is 2.53. The molecule has 1 amide bonds. The van der Waals surface area contributed by atoms with Crippen LogP contribution in [0.15, 0.2) is 66.7 Å². The number of ketones is 1. The van der Waals surface area contributed by atoms with Crippen LogP contribution < -0.4 is 20.1 Å². The molecule has 0 fully saturated rings. The maximum atomic E-state index is 12.7. The zero-order valence-corrected chi connectivity index (χ0v) is 27.7. The van der Waals surface area contributed by atoms with Gasteiger partial charge in [0.2, 0.25) is 0 Å². The van der Waals surface area contributed by atoms with Crippen molar-refractivity contribution in [1.82, 2.24) is 5.32 Å². The van der Waals surface area contributed by atoms with Crippen molar-refractivity contribution in [3.8, 4) is 11.5 Å². The minimum atomic E-state index is -0.675. The van der Waals surface area contributed by atoms with Gasteiger partial charge in [-0.2, -0.15) is 0 Å². The van der Waals surface area contributed by atoms with Gasteiger partial charge in [-0.3, -0.25) is 9.59 Å². The summed E-state index contributed by atoms with van der Waals surface area (Å²) in [4.78, 5) is 37.4. The number of hydrogen-bond donors (Lipinski definition) is 2. The first kappa shape index (κ1) is 34.3. The summed E-state index contributed by atoms with van der Waals surface area (Å²) in [6, 6.07) is 21.2. The van der Waals surface area contributed by atoms with E-state index in [0.717, 1.165) is 30.5 Å². The first-order valence-electron chi connectivity index (χ1n) is 15.7. The molecular weight excluding hydrogens is 584 g/mol. The van der Waals surface area contributed by atoms with Crippen LogP contribution >= 0.6 is 0 Å². The molecule has 0 aromatic heterocycles.